The molecule has 1 saturated carbocycles. The van der Waals surface area contributed by atoms with Gasteiger partial charge in [0.05, 0.1) is 30.2 Å². The molecule has 0 amide bonds. The lowest BCUT2D eigenvalue weighted by Gasteiger charge is -2.16. The first-order chi connectivity index (χ1) is 9.13. The molecule has 2 atom stereocenters. The maximum atomic E-state index is 11.5. The van der Waals surface area contributed by atoms with E-state index in [1.165, 1.54) is 7.11 Å². The fraction of sp³-hybridized carbons (Fsp3) is 0.500. The molecule has 1 aromatic carbocycles. The molecule has 1 fully saturated rings. The Morgan fingerprint density at radius 3 is 2.79 bits per heavy atom. The Morgan fingerprint density at radius 2 is 2.16 bits per heavy atom. The molecule has 2 rings (SSSR count). The molecule has 0 saturated heterocycles. The smallest absolute Gasteiger partial charge is 0.337 e. The molecule has 5 nitrogen and oxygen atoms in total. The zero-order chi connectivity index (χ0) is 13.8. The fourth-order valence-corrected chi connectivity index (χ4v) is 2.43. The molecule has 2 unspecified atom stereocenters. The van der Waals surface area contributed by atoms with E-state index in [0.29, 0.717) is 23.4 Å². The number of ether oxygens (including phenoxy) is 2. The van der Waals surface area contributed by atoms with Gasteiger partial charge in [0, 0.05) is 13.2 Å². The van der Waals surface area contributed by atoms with Crippen molar-refractivity contribution in [3.05, 3.63) is 23.8 Å². The maximum Gasteiger partial charge on any atom is 0.337 e. The number of nitrogens with one attached hydrogen (secondary N) is 1. The summed E-state index contributed by atoms with van der Waals surface area (Å²) in [6, 6.07) is 5.46. The number of nitrogen functional groups attached to an aromatic ring is 1. The quantitative estimate of drug-likeness (QED) is 0.643. The molecule has 1 aliphatic carbocycles. The van der Waals surface area contributed by atoms with E-state index >= 15 is 0 Å². The zero-order valence-electron chi connectivity index (χ0n) is 11.3. The largest absolute Gasteiger partial charge is 0.465 e. The topological polar surface area (TPSA) is 73.6 Å². The monoisotopic (exact) mass is 264 g/mol. The Morgan fingerprint density at radius 1 is 1.37 bits per heavy atom. The lowest BCUT2D eigenvalue weighted by molar-refractivity contribution is 0.0601. The van der Waals surface area contributed by atoms with Crippen LogP contribution in [0.1, 0.15) is 29.6 Å². The Hall–Kier alpha value is -1.75. The molecule has 0 aromatic heterocycles. The van der Waals surface area contributed by atoms with Crippen molar-refractivity contribution in [2.24, 2.45) is 0 Å². The fourth-order valence-electron chi connectivity index (χ4n) is 2.43. The van der Waals surface area contributed by atoms with Gasteiger partial charge in [0.1, 0.15) is 0 Å². The van der Waals surface area contributed by atoms with E-state index in [-0.39, 0.29) is 5.97 Å². The molecule has 0 heterocycles. The Balaban J connectivity index is 2.09. The molecule has 0 bridgehead atoms. The molecule has 5 heteroatoms. The minimum Gasteiger partial charge on any atom is -0.465 e. The highest BCUT2D eigenvalue weighted by molar-refractivity contribution is 5.92. The third-order valence-electron chi connectivity index (χ3n) is 3.55. The van der Waals surface area contributed by atoms with Crippen LogP contribution in [0.15, 0.2) is 18.2 Å². The number of carbonyl (C=O) groups excluding carboxylic acids is 1. The van der Waals surface area contributed by atoms with Gasteiger partial charge in [0.15, 0.2) is 0 Å². The second kappa shape index (κ2) is 5.93. The zero-order valence-corrected chi connectivity index (χ0v) is 11.3. The summed E-state index contributed by atoms with van der Waals surface area (Å²) < 4.78 is 10.1. The van der Waals surface area contributed by atoms with Crippen molar-refractivity contribution < 1.29 is 14.3 Å². The summed E-state index contributed by atoms with van der Waals surface area (Å²) in [4.78, 5) is 11.5. The van der Waals surface area contributed by atoms with Crippen LogP contribution in [0.25, 0.3) is 0 Å². The minimum atomic E-state index is -0.357. The molecule has 3 N–H and O–H groups in total. The molecular formula is C14H20N2O3. The predicted octanol–water partition coefficient (Wildman–Crippen LogP) is 2.03. The van der Waals surface area contributed by atoms with Crippen molar-refractivity contribution in [2.45, 2.75) is 31.4 Å². The minimum absolute atomic E-state index is 0.308. The average Bonchev–Trinajstić information content (AvgIpc) is 2.88. The standard InChI is InChI=1S/C14H20N2O3/c1-18-11-5-4-10(8-11)16-13-7-9(14(17)19-2)3-6-12(13)15/h3,6-7,10-11,16H,4-5,8,15H2,1-2H3. The van der Waals surface area contributed by atoms with Gasteiger partial charge < -0.3 is 20.5 Å². The highest BCUT2D eigenvalue weighted by Crippen LogP contribution is 2.28. The SMILES string of the molecule is COC(=O)c1ccc(N)c(NC2CCC(OC)C2)c1. The third kappa shape index (κ3) is 3.17. The van der Waals surface area contributed by atoms with Crippen LogP contribution in [-0.2, 0) is 9.47 Å². The number of methoxy groups -OCH3 is 2. The number of anilines is 2. The van der Waals surface area contributed by atoms with Crippen LogP contribution in [0.5, 0.6) is 0 Å². The van der Waals surface area contributed by atoms with E-state index < -0.39 is 0 Å². The van der Waals surface area contributed by atoms with Crippen LogP contribution in [0, 0.1) is 0 Å². The van der Waals surface area contributed by atoms with E-state index in [2.05, 4.69) is 5.32 Å². The second-order valence-corrected chi connectivity index (χ2v) is 4.81. The Kier molecular flexibility index (Phi) is 4.27. The van der Waals surface area contributed by atoms with Gasteiger partial charge in [-0.25, -0.2) is 4.79 Å². The molecule has 104 valence electrons. The predicted molar refractivity (Wildman–Crippen MR) is 74.3 cm³/mol. The maximum absolute atomic E-state index is 11.5. The molecule has 0 radical (unpaired) electrons. The van der Waals surface area contributed by atoms with E-state index in [4.69, 9.17) is 15.2 Å². The van der Waals surface area contributed by atoms with Gasteiger partial charge in [0.25, 0.3) is 0 Å². The summed E-state index contributed by atoms with van der Waals surface area (Å²) in [5, 5.41) is 3.38. The van der Waals surface area contributed by atoms with Gasteiger partial charge >= 0.3 is 5.97 Å². The summed E-state index contributed by atoms with van der Waals surface area (Å²) in [6.07, 6.45) is 3.35. The van der Waals surface area contributed by atoms with Crippen LogP contribution >= 0.6 is 0 Å². The van der Waals surface area contributed by atoms with Gasteiger partial charge in [-0.05, 0) is 37.5 Å². The van der Waals surface area contributed by atoms with Crippen LogP contribution in [0.2, 0.25) is 0 Å². The number of nitrogens with two attached hydrogens (primary N) is 1. The van der Waals surface area contributed by atoms with Gasteiger partial charge in [-0.2, -0.15) is 0 Å². The van der Waals surface area contributed by atoms with Crippen LogP contribution < -0.4 is 11.1 Å². The first-order valence-corrected chi connectivity index (χ1v) is 6.41. The van der Waals surface area contributed by atoms with Gasteiger partial charge in [-0.15, -0.1) is 0 Å². The Labute approximate surface area is 113 Å². The number of hydrogen-bond donors (Lipinski definition) is 2. The number of rotatable bonds is 4. The normalized spacial score (nSPS) is 22.2. The van der Waals surface area contributed by atoms with Crippen molar-refractivity contribution >= 4 is 17.3 Å². The van der Waals surface area contributed by atoms with E-state index in [1.54, 1.807) is 25.3 Å². The van der Waals surface area contributed by atoms with Crippen molar-refractivity contribution in [1.82, 2.24) is 0 Å². The van der Waals surface area contributed by atoms with E-state index in [9.17, 15) is 4.79 Å². The van der Waals surface area contributed by atoms with Crippen molar-refractivity contribution in [3.8, 4) is 0 Å². The summed E-state index contributed by atoms with van der Waals surface area (Å²) in [5.74, 6) is -0.357. The molecule has 0 spiro atoms. The van der Waals surface area contributed by atoms with Crippen molar-refractivity contribution in [3.63, 3.8) is 0 Å². The van der Waals surface area contributed by atoms with Crippen LogP contribution in [-0.4, -0.2) is 32.3 Å². The number of esters is 1. The van der Waals surface area contributed by atoms with Gasteiger partial charge in [0.2, 0.25) is 0 Å². The number of carbonyl (C=O) groups is 1. The van der Waals surface area contributed by atoms with Crippen LogP contribution in [0.4, 0.5) is 11.4 Å². The molecule has 1 aromatic rings. The first kappa shape index (κ1) is 13.7. The lowest BCUT2D eigenvalue weighted by Crippen LogP contribution is -2.18. The summed E-state index contributed by atoms with van der Waals surface area (Å²) in [6.45, 7) is 0. The molecule has 19 heavy (non-hydrogen) atoms. The molecule has 1 aliphatic rings. The average molecular weight is 264 g/mol. The third-order valence-corrected chi connectivity index (χ3v) is 3.55. The van der Waals surface area contributed by atoms with Gasteiger partial charge in [-0.1, -0.05) is 0 Å². The molecular weight excluding hydrogens is 244 g/mol. The van der Waals surface area contributed by atoms with Crippen LogP contribution in [0.3, 0.4) is 0 Å². The summed E-state index contributed by atoms with van der Waals surface area (Å²) in [5.41, 5.74) is 7.85. The number of hydrogen-bond acceptors (Lipinski definition) is 5. The molecule has 0 aliphatic heterocycles. The number of benzene rings is 1. The van der Waals surface area contributed by atoms with Gasteiger partial charge in [-0.3, -0.25) is 0 Å². The van der Waals surface area contributed by atoms with Crippen molar-refractivity contribution in [2.75, 3.05) is 25.3 Å². The highest BCUT2D eigenvalue weighted by Gasteiger charge is 2.24. The highest BCUT2D eigenvalue weighted by atomic mass is 16.5. The Bertz CT molecular complexity index is 462. The summed E-state index contributed by atoms with van der Waals surface area (Å²) in [7, 11) is 3.10. The van der Waals surface area contributed by atoms with E-state index in [0.717, 1.165) is 24.9 Å². The lowest BCUT2D eigenvalue weighted by atomic mass is 10.1. The second-order valence-electron chi connectivity index (χ2n) is 4.81. The summed E-state index contributed by atoms with van der Waals surface area (Å²) >= 11 is 0. The van der Waals surface area contributed by atoms with Crippen molar-refractivity contribution in [1.29, 1.82) is 0 Å². The first-order valence-electron chi connectivity index (χ1n) is 6.41. The van der Waals surface area contributed by atoms with E-state index in [1.807, 2.05) is 0 Å².